The van der Waals surface area contributed by atoms with Crippen molar-refractivity contribution < 1.29 is 14.3 Å². The van der Waals surface area contributed by atoms with E-state index >= 15 is 0 Å². The molecule has 2 saturated heterocycles. The average molecular weight is 381 g/mol. The van der Waals surface area contributed by atoms with E-state index in [1.165, 1.54) is 19.3 Å². The van der Waals surface area contributed by atoms with E-state index in [-0.39, 0.29) is 18.0 Å². The molecule has 2 unspecified atom stereocenters. The highest BCUT2D eigenvalue weighted by Crippen LogP contribution is 2.23. The molecule has 0 aliphatic carbocycles. The predicted molar refractivity (Wildman–Crippen MR) is 108 cm³/mol. The number of likely N-dealkylation sites (tertiary alicyclic amines) is 1. The molecule has 1 amide bonds. The number of nitrogens with one attached hydrogen (secondary N) is 1. The van der Waals surface area contributed by atoms with E-state index in [0.717, 1.165) is 24.2 Å². The first-order valence-electron chi connectivity index (χ1n) is 9.97. The molecule has 0 bridgehead atoms. The first-order chi connectivity index (χ1) is 13.7. The fourth-order valence-corrected chi connectivity index (χ4v) is 4.04. The fraction of sp³-hybridized carbons (Fsp3) is 0.455. The highest BCUT2D eigenvalue weighted by molar-refractivity contribution is 5.95. The van der Waals surface area contributed by atoms with Gasteiger partial charge in [-0.1, -0.05) is 18.6 Å². The molecule has 2 fully saturated rings. The van der Waals surface area contributed by atoms with Gasteiger partial charge in [0.1, 0.15) is 5.75 Å². The van der Waals surface area contributed by atoms with Crippen molar-refractivity contribution in [2.24, 2.45) is 0 Å². The Bertz CT molecular complexity index is 803. The molecule has 2 atom stereocenters. The standard InChI is InChI=1S/C22H27N3O3/c1-27-19-11-18(12-23-13-19)16-5-7-17(8-6-16)22(26)24-20-14-28-15-21(20)25-9-3-2-4-10-25/h5-8,11-13,20-21H,2-4,9-10,14-15H2,1H3,(H,24,26). The second-order valence-electron chi connectivity index (χ2n) is 7.47. The number of pyridine rings is 1. The van der Waals surface area contributed by atoms with Crippen LogP contribution in [0.2, 0.25) is 0 Å². The third-order valence-corrected chi connectivity index (χ3v) is 5.66. The molecule has 2 aromatic rings. The predicted octanol–water partition coefficient (Wildman–Crippen LogP) is 2.74. The van der Waals surface area contributed by atoms with Crippen LogP contribution in [0.15, 0.2) is 42.7 Å². The summed E-state index contributed by atoms with van der Waals surface area (Å²) in [5.74, 6) is 0.664. The second kappa shape index (κ2) is 8.71. The molecule has 0 saturated carbocycles. The lowest BCUT2D eigenvalue weighted by Gasteiger charge is -2.34. The van der Waals surface area contributed by atoms with E-state index in [2.05, 4.69) is 15.2 Å². The largest absolute Gasteiger partial charge is 0.495 e. The lowest BCUT2D eigenvalue weighted by molar-refractivity contribution is 0.0900. The van der Waals surface area contributed by atoms with Crippen LogP contribution >= 0.6 is 0 Å². The van der Waals surface area contributed by atoms with Crippen LogP contribution in [0.25, 0.3) is 11.1 Å². The Kier molecular flexibility index (Phi) is 5.88. The molecule has 6 heteroatoms. The number of methoxy groups -OCH3 is 1. The van der Waals surface area contributed by atoms with Crippen molar-refractivity contribution in [3.8, 4) is 16.9 Å². The maximum Gasteiger partial charge on any atom is 0.251 e. The number of hydrogen-bond donors (Lipinski definition) is 1. The van der Waals surface area contributed by atoms with Gasteiger partial charge in [-0.3, -0.25) is 14.7 Å². The van der Waals surface area contributed by atoms with Crippen LogP contribution in [0.5, 0.6) is 5.75 Å². The average Bonchev–Trinajstić information content (AvgIpc) is 3.22. The summed E-state index contributed by atoms with van der Waals surface area (Å²) in [4.78, 5) is 19.4. The maximum absolute atomic E-state index is 12.8. The van der Waals surface area contributed by atoms with Gasteiger partial charge < -0.3 is 14.8 Å². The van der Waals surface area contributed by atoms with Crippen LogP contribution < -0.4 is 10.1 Å². The lowest BCUT2D eigenvalue weighted by atomic mass is 10.0. The molecule has 28 heavy (non-hydrogen) atoms. The van der Waals surface area contributed by atoms with Crippen molar-refractivity contribution in [2.75, 3.05) is 33.4 Å². The van der Waals surface area contributed by atoms with Crippen LogP contribution in [0.3, 0.4) is 0 Å². The van der Waals surface area contributed by atoms with Gasteiger partial charge in [0.15, 0.2) is 0 Å². The van der Waals surface area contributed by atoms with Gasteiger partial charge in [-0.25, -0.2) is 0 Å². The summed E-state index contributed by atoms with van der Waals surface area (Å²) >= 11 is 0. The smallest absolute Gasteiger partial charge is 0.251 e. The minimum absolute atomic E-state index is 0.0483. The van der Waals surface area contributed by atoms with E-state index in [4.69, 9.17) is 9.47 Å². The van der Waals surface area contributed by atoms with Crippen molar-refractivity contribution in [1.29, 1.82) is 0 Å². The highest BCUT2D eigenvalue weighted by atomic mass is 16.5. The number of rotatable bonds is 5. The van der Waals surface area contributed by atoms with E-state index in [9.17, 15) is 4.79 Å². The summed E-state index contributed by atoms with van der Waals surface area (Å²) in [5.41, 5.74) is 2.61. The Morgan fingerprint density at radius 1 is 1.11 bits per heavy atom. The number of ether oxygens (including phenoxy) is 2. The number of nitrogens with zero attached hydrogens (tertiary/aromatic N) is 2. The molecule has 2 aliphatic heterocycles. The number of aromatic nitrogens is 1. The van der Waals surface area contributed by atoms with Gasteiger partial charge in [0.05, 0.1) is 38.6 Å². The molecular weight excluding hydrogens is 354 g/mol. The summed E-state index contributed by atoms with van der Waals surface area (Å²) in [5, 5.41) is 3.18. The van der Waals surface area contributed by atoms with E-state index < -0.39 is 0 Å². The second-order valence-corrected chi connectivity index (χ2v) is 7.47. The molecule has 148 valence electrons. The zero-order valence-electron chi connectivity index (χ0n) is 16.3. The summed E-state index contributed by atoms with van der Waals surface area (Å²) in [6, 6.07) is 9.86. The third kappa shape index (κ3) is 4.18. The first kappa shape index (κ1) is 18.9. The molecule has 1 aromatic carbocycles. The van der Waals surface area contributed by atoms with Crippen molar-refractivity contribution in [3.63, 3.8) is 0 Å². The molecule has 1 aromatic heterocycles. The SMILES string of the molecule is COc1cncc(-c2ccc(C(=O)NC3COCC3N3CCCCC3)cc2)c1. The zero-order chi connectivity index (χ0) is 19.3. The Labute approximate surface area is 165 Å². The topological polar surface area (TPSA) is 63.7 Å². The summed E-state index contributed by atoms with van der Waals surface area (Å²) < 4.78 is 10.9. The van der Waals surface area contributed by atoms with E-state index in [1.807, 2.05) is 30.3 Å². The van der Waals surface area contributed by atoms with Crippen LogP contribution in [-0.4, -0.2) is 61.3 Å². The molecule has 4 rings (SSSR count). The Hall–Kier alpha value is -2.44. The number of hydrogen-bond acceptors (Lipinski definition) is 5. The lowest BCUT2D eigenvalue weighted by Crippen LogP contribution is -2.52. The molecule has 2 aliphatic rings. The number of benzene rings is 1. The Morgan fingerprint density at radius 3 is 2.64 bits per heavy atom. The van der Waals surface area contributed by atoms with Crippen LogP contribution in [0.1, 0.15) is 29.6 Å². The van der Waals surface area contributed by atoms with E-state index in [1.54, 1.807) is 19.5 Å². The molecule has 0 radical (unpaired) electrons. The van der Waals surface area contributed by atoms with Gasteiger partial charge in [0, 0.05) is 17.3 Å². The Balaban J connectivity index is 1.41. The van der Waals surface area contributed by atoms with Crippen molar-refractivity contribution >= 4 is 5.91 Å². The zero-order valence-corrected chi connectivity index (χ0v) is 16.3. The number of carbonyl (C=O) groups excluding carboxylic acids is 1. The van der Waals surface area contributed by atoms with Gasteiger partial charge in [-0.2, -0.15) is 0 Å². The summed E-state index contributed by atoms with van der Waals surface area (Å²) in [7, 11) is 1.62. The number of piperidine rings is 1. The van der Waals surface area contributed by atoms with Crippen molar-refractivity contribution in [3.05, 3.63) is 48.3 Å². The van der Waals surface area contributed by atoms with Gasteiger partial charge in [-0.15, -0.1) is 0 Å². The third-order valence-electron chi connectivity index (χ3n) is 5.66. The van der Waals surface area contributed by atoms with Gasteiger partial charge in [0.25, 0.3) is 5.91 Å². The first-order valence-corrected chi connectivity index (χ1v) is 9.97. The molecular formula is C22H27N3O3. The normalized spacial score (nSPS) is 22.8. The van der Waals surface area contributed by atoms with Crippen molar-refractivity contribution in [2.45, 2.75) is 31.3 Å². The number of amides is 1. The molecule has 6 nitrogen and oxygen atoms in total. The van der Waals surface area contributed by atoms with Crippen molar-refractivity contribution in [1.82, 2.24) is 15.2 Å². The van der Waals surface area contributed by atoms with Gasteiger partial charge in [-0.05, 0) is 49.7 Å². The molecule has 0 spiro atoms. The van der Waals surface area contributed by atoms with Gasteiger partial charge in [0.2, 0.25) is 0 Å². The fourth-order valence-electron chi connectivity index (χ4n) is 4.04. The van der Waals surface area contributed by atoms with Crippen LogP contribution in [0, 0.1) is 0 Å². The maximum atomic E-state index is 12.8. The van der Waals surface area contributed by atoms with Crippen LogP contribution in [-0.2, 0) is 4.74 Å². The Morgan fingerprint density at radius 2 is 1.89 bits per heavy atom. The summed E-state index contributed by atoms with van der Waals surface area (Å²) in [6.07, 6.45) is 7.23. The highest BCUT2D eigenvalue weighted by Gasteiger charge is 2.34. The minimum Gasteiger partial charge on any atom is -0.495 e. The summed E-state index contributed by atoms with van der Waals surface area (Å²) in [6.45, 7) is 3.49. The quantitative estimate of drug-likeness (QED) is 0.863. The molecule has 1 N–H and O–H groups in total. The van der Waals surface area contributed by atoms with E-state index in [0.29, 0.717) is 24.5 Å². The minimum atomic E-state index is -0.0483. The van der Waals surface area contributed by atoms with Crippen LogP contribution in [0.4, 0.5) is 0 Å². The molecule has 3 heterocycles. The monoisotopic (exact) mass is 381 g/mol. The van der Waals surface area contributed by atoms with Gasteiger partial charge >= 0.3 is 0 Å². The number of carbonyl (C=O) groups is 1.